The topological polar surface area (TPSA) is 114 Å². The Morgan fingerprint density at radius 1 is 0.650 bits per heavy atom. The van der Waals surface area contributed by atoms with Crippen molar-refractivity contribution in [1.29, 1.82) is 0 Å². The molecule has 0 atom stereocenters. The maximum Gasteiger partial charge on any atom is 0.343 e. The summed E-state index contributed by atoms with van der Waals surface area (Å²) in [5.74, 6) is -0.436. The Labute approximate surface area is 232 Å². The minimum Gasteiger partial charge on any atom is -0.494 e. The van der Waals surface area contributed by atoms with Gasteiger partial charge in [0.2, 0.25) is 0 Å². The third-order valence-corrected chi connectivity index (χ3v) is 5.33. The van der Waals surface area contributed by atoms with Crippen molar-refractivity contribution in [2.75, 3.05) is 13.2 Å². The maximum atomic E-state index is 12.5. The molecule has 9 heteroatoms. The zero-order chi connectivity index (χ0) is 28.7. The fraction of sp³-hybridized carbons (Fsp3) is 0.226. The van der Waals surface area contributed by atoms with Crippen molar-refractivity contribution in [3.63, 3.8) is 0 Å². The van der Waals surface area contributed by atoms with Crippen molar-refractivity contribution in [3.05, 3.63) is 96.6 Å². The van der Waals surface area contributed by atoms with Gasteiger partial charge in [-0.15, -0.1) is 0 Å². The fourth-order valence-electron chi connectivity index (χ4n) is 3.27. The number of carbonyl (C=O) groups excluding carboxylic acids is 4. The van der Waals surface area contributed by atoms with Crippen LogP contribution in [0.4, 0.5) is 0 Å². The summed E-state index contributed by atoms with van der Waals surface area (Å²) < 4.78 is 26.4. The molecule has 0 aliphatic rings. The van der Waals surface area contributed by atoms with Crippen molar-refractivity contribution in [2.45, 2.75) is 32.6 Å². The van der Waals surface area contributed by atoms with E-state index in [2.05, 4.69) is 6.58 Å². The molecule has 0 N–H and O–H groups in total. The summed E-state index contributed by atoms with van der Waals surface area (Å²) in [6, 6.07) is 18.6. The molecule has 9 nitrogen and oxygen atoms in total. The van der Waals surface area contributed by atoms with Gasteiger partial charge in [0.1, 0.15) is 23.0 Å². The minimum absolute atomic E-state index is 0.267. The van der Waals surface area contributed by atoms with E-state index in [1.807, 2.05) is 6.92 Å². The molecule has 0 aliphatic heterocycles. The van der Waals surface area contributed by atoms with Crippen LogP contribution in [0.5, 0.6) is 23.0 Å². The monoisotopic (exact) mass is 546 g/mol. The lowest BCUT2D eigenvalue weighted by atomic mass is 10.2. The average Bonchev–Trinajstić information content (AvgIpc) is 2.96. The van der Waals surface area contributed by atoms with Crippen LogP contribution >= 0.6 is 0 Å². The zero-order valence-corrected chi connectivity index (χ0v) is 22.1. The summed E-state index contributed by atoms with van der Waals surface area (Å²) in [5.41, 5.74) is 0.621. The maximum absolute atomic E-state index is 12.5. The lowest BCUT2D eigenvalue weighted by Crippen LogP contribution is -2.10. The van der Waals surface area contributed by atoms with Gasteiger partial charge in [0.15, 0.2) is 0 Å². The molecule has 0 aromatic heterocycles. The number of benzene rings is 3. The molecule has 0 fully saturated rings. The number of carbonyl (C=O) groups is 4. The highest BCUT2D eigenvalue weighted by molar-refractivity contribution is 5.92. The zero-order valence-electron chi connectivity index (χ0n) is 22.1. The van der Waals surface area contributed by atoms with Crippen LogP contribution < -0.4 is 18.9 Å². The first-order valence-corrected chi connectivity index (χ1v) is 12.7. The van der Waals surface area contributed by atoms with E-state index in [1.54, 1.807) is 24.3 Å². The predicted molar refractivity (Wildman–Crippen MR) is 146 cm³/mol. The number of ether oxygens (including phenoxy) is 5. The fourth-order valence-corrected chi connectivity index (χ4v) is 3.27. The summed E-state index contributed by atoms with van der Waals surface area (Å²) in [6.07, 6.45) is 3.48. The number of hydrogen-bond donors (Lipinski definition) is 0. The van der Waals surface area contributed by atoms with Gasteiger partial charge in [-0.3, -0.25) is 4.79 Å². The van der Waals surface area contributed by atoms with E-state index >= 15 is 0 Å². The third kappa shape index (κ3) is 9.75. The van der Waals surface area contributed by atoms with Crippen LogP contribution in [0.1, 0.15) is 53.3 Å². The molecule has 0 unspecified atom stereocenters. The summed E-state index contributed by atoms with van der Waals surface area (Å²) in [5, 5.41) is 0. The second-order valence-electron chi connectivity index (χ2n) is 8.45. The van der Waals surface area contributed by atoms with Crippen molar-refractivity contribution in [2.24, 2.45) is 0 Å². The van der Waals surface area contributed by atoms with E-state index in [0.717, 1.165) is 6.08 Å². The van der Waals surface area contributed by atoms with Crippen LogP contribution in [0.2, 0.25) is 0 Å². The normalized spacial score (nSPS) is 10.2. The van der Waals surface area contributed by atoms with Crippen molar-refractivity contribution >= 4 is 23.9 Å². The molecule has 0 spiro atoms. The largest absolute Gasteiger partial charge is 0.494 e. The van der Waals surface area contributed by atoms with Crippen molar-refractivity contribution < 1.29 is 42.9 Å². The first kappa shape index (κ1) is 29.6. The summed E-state index contributed by atoms with van der Waals surface area (Å²) in [4.78, 5) is 47.5. The molecule has 0 heterocycles. The summed E-state index contributed by atoms with van der Waals surface area (Å²) in [6.45, 7) is 5.95. The van der Waals surface area contributed by atoms with Gasteiger partial charge >= 0.3 is 23.9 Å². The quantitative estimate of drug-likeness (QED) is 0.108. The SMILES string of the molecule is C=CC(=O)OCCCCOc1ccc(C(=O)Oc2ccc(OC(=O)c3ccc(OC(=O)CCC)cc3)cc2)cc1. The number of esters is 4. The van der Waals surface area contributed by atoms with E-state index in [9.17, 15) is 19.2 Å². The van der Waals surface area contributed by atoms with Crippen molar-refractivity contribution in [3.8, 4) is 23.0 Å². The Hall–Kier alpha value is -4.92. The van der Waals surface area contributed by atoms with Crippen LogP contribution in [-0.2, 0) is 14.3 Å². The molecule has 3 aromatic rings. The van der Waals surface area contributed by atoms with Crippen LogP contribution in [0.25, 0.3) is 0 Å². The van der Waals surface area contributed by atoms with Gasteiger partial charge in [-0.1, -0.05) is 13.5 Å². The lowest BCUT2D eigenvalue weighted by Gasteiger charge is -2.09. The lowest BCUT2D eigenvalue weighted by molar-refractivity contribution is -0.138. The standard InChI is InChI=1S/C31H30O9/c1-3-7-29(33)38-25-14-10-23(11-15-25)31(35)40-27-18-16-26(17-19-27)39-30(34)22-8-12-24(13-9-22)36-20-5-6-21-37-28(32)4-2/h4,8-19H,2-3,5-7,20-21H2,1H3. The number of hydrogen-bond acceptors (Lipinski definition) is 9. The second-order valence-corrected chi connectivity index (χ2v) is 8.45. The van der Waals surface area contributed by atoms with Crippen molar-refractivity contribution in [1.82, 2.24) is 0 Å². The predicted octanol–water partition coefficient (Wildman–Crippen LogP) is 5.72. The van der Waals surface area contributed by atoms with Crippen LogP contribution in [0, 0.1) is 0 Å². The van der Waals surface area contributed by atoms with Gasteiger partial charge in [-0.2, -0.15) is 0 Å². The van der Waals surface area contributed by atoms with E-state index < -0.39 is 17.9 Å². The molecule has 0 saturated heterocycles. The van der Waals surface area contributed by atoms with Gasteiger partial charge in [-0.05, 0) is 92.1 Å². The summed E-state index contributed by atoms with van der Waals surface area (Å²) in [7, 11) is 0. The minimum atomic E-state index is -0.588. The van der Waals surface area contributed by atoms with Gasteiger partial charge < -0.3 is 23.7 Å². The summed E-state index contributed by atoms with van der Waals surface area (Å²) >= 11 is 0. The van der Waals surface area contributed by atoms with E-state index in [1.165, 1.54) is 48.5 Å². The first-order valence-electron chi connectivity index (χ1n) is 12.7. The molecular formula is C31H30O9. The molecular weight excluding hydrogens is 516 g/mol. The number of unbranched alkanes of at least 4 members (excludes halogenated alkanes) is 1. The van der Waals surface area contributed by atoms with E-state index in [4.69, 9.17) is 23.7 Å². The molecule has 0 saturated carbocycles. The third-order valence-electron chi connectivity index (χ3n) is 5.33. The Morgan fingerprint density at radius 3 is 1.60 bits per heavy atom. The van der Waals surface area contributed by atoms with Crippen LogP contribution in [-0.4, -0.2) is 37.1 Å². The van der Waals surface area contributed by atoms with E-state index in [-0.39, 0.29) is 23.0 Å². The molecule has 0 bridgehead atoms. The van der Waals surface area contributed by atoms with Crippen LogP contribution in [0.15, 0.2) is 85.5 Å². The Morgan fingerprint density at radius 2 is 1.10 bits per heavy atom. The van der Waals surface area contributed by atoms with Gasteiger partial charge in [-0.25, -0.2) is 14.4 Å². The smallest absolute Gasteiger partial charge is 0.343 e. The van der Waals surface area contributed by atoms with E-state index in [0.29, 0.717) is 56.0 Å². The molecule has 208 valence electrons. The van der Waals surface area contributed by atoms with Gasteiger partial charge in [0, 0.05) is 12.5 Å². The highest BCUT2D eigenvalue weighted by atomic mass is 16.5. The van der Waals surface area contributed by atoms with Gasteiger partial charge in [0.05, 0.1) is 24.3 Å². The Kier molecular flexibility index (Phi) is 11.5. The second kappa shape index (κ2) is 15.5. The van der Waals surface area contributed by atoms with Gasteiger partial charge in [0.25, 0.3) is 0 Å². The highest BCUT2D eigenvalue weighted by Crippen LogP contribution is 2.21. The Bertz CT molecular complexity index is 1290. The highest BCUT2D eigenvalue weighted by Gasteiger charge is 2.12. The first-order chi connectivity index (χ1) is 19.4. The van der Waals surface area contributed by atoms with Crippen LogP contribution in [0.3, 0.4) is 0 Å². The molecule has 0 aliphatic carbocycles. The average molecular weight is 547 g/mol. The molecule has 0 radical (unpaired) electrons. The number of rotatable bonds is 14. The Balaban J connectivity index is 1.43. The molecule has 40 heavy (non-hydrogen) atoms. The molecule has 3 rings (SSSR count). The molecule has 3 aromatic carbocycles. The molecule has 0 amide bonds.